The van der Waals surface area contributed by atoms with Gasteiger partial charge in [0.25, 0.3) is 0 Å². The maximum Gasteiger partial charge on any atom is 0.240 e. The molecule has 5 heteroatoms. The standard InChI is InChI=1S/C15H20N2O3/c1-11-7-12-5-3-4-6-13(12)17(11)8-14(19)16-9-15(2,20)10-18/h3-7,18,20H,8-10H2,1-2H3,(H,16,19). The first-order valence-corrected chi connectivity index (χ1v) is 6.58. The van der Waals surface area contributed by atoms with Crippen molar-refractivity contribution in [3.8, 4) is 0 Å². The van der Waals surface area contributed by atoms with Crippen molar-refractivity contribution in [2.24, 2.45) is 0 Å². The second-order valence-electron chi connectivity index (χ2n) is 5.36. The minimum Gasteiger partial charge on any atom is -0.393 e. The highest BCUT2D eigenvalue weighted by Crippen LogP contribution is 2.18. The largest absolute Gasteiger partial charge is 0.393 e. The van der Waals surface area contributed by atoms with Crippen LogP contribution in [0.25, 0.3) is 10.9 Å². The molecule has 0 radical (unpaired) electrons. The quantitative estimate of drug-likeness (QED) is 0.756. The number of nitrogens with zero attached hydrogens (tertiary/aromatic N) is 1. The summed E-state index contributed by atoms with van der Waals surface area (Å²) in [7, 11) is 0. The van der Waals surface area contributed by atoms with Crippen molar-refractivity contribution < 1.29 is 15.0 Å². The Balaban J connectivity index is 2.09. The van der Waals surface area contributed by atoms with E-state index >= 15 is 0 Å². The molecule has 0 saturated heterocycles. The molecule has 0 spiro atoms. The molecule has 108 valence electrons. The van der Waals surface area contributed by atoms with Gasteiger partial charge in [-0.1, -0.05) is 18.2 Å². The Morgan fingerprint density at radius 2 is 2.10 bits per heavy atom. The number of benzene rings is 1. The number of para-hydroxylation sites is 1. The predicted octanol–water partition coefficient (Wildman–Crippen LogP) is 0.809. The predicted molar refractivity (Wildman–Crippen MR) is 77.4 cm³/mol. The smallest absolute Gasteiger partial charge is 0.240 e. The molecule has 1 amide bonds. The highest BCUT2D eigenvalue weighted by atomic mass is 16.3. The molecule has 0 aliphatic rings. The van der Waals surface area contributed by atoms with Crippen molar-refractivity contribution in [3.05, 3.63) is 36.0 Å². The van der Waals surface area contributed by atoms with E-state index in [2.05, 4.69) is 5.32 Å². The minimum absolute atomic E-state index is 0.0284. The number of hydrogen-bond acceptors (Lipinski definition) is 3. The van der Waals surface area contributed by atoms with Crippen LogP contribution in [0.15, 0.2) is 30.3 Å². The topological polar surface area (TPSA) is 74.5 Å². The number of amides is 1. The molecule has 0 saturated carbocycles. The van der Waals surface area contributed by atoms with E-state index in [9.17, 15) is 9.90 Å². The lowest BCUT2D eigenvalue weighted by Gasteiger charge is -2.20. The van der Waals surface area contributed by atoms with Gasteiger partial charge < -0.3 is 20.1 Å². The highest BCUT2D eigenvalue weighted by molar-refractivity contribution is 5.84. The summed E-state index contributed by atoms with van der Waals surface area (Å²) in [5.41, 5.74) is 0.730. The summed E-state index contributed by atoms with van der Waals surface area (Å²) >= 11 is 0. The SMILES string of the molecule is Cc1cc2ccccc2n1CC(=O)NCC(C)(O)CO. The number of aryl methyl sites for hydroxylation is 1. The molecule has 1 atom stereocenters. The average molecular weight is 276 g/mol. The maximum absolute atomic E-state index is 11.9. The molecule has 0 bridgehead atoms. The zero-order valence-electron chi connectivity index (χ0n) is 11.8. The van der Waals surface area contributed by atoms with Gasteiger partial charge in [-0.05, 0) is 31.4 Å². The molecule has 2 rings (SSSR count). The van der Waals surface area contributed by atoms with Crippen LogP contribution in [0.4, 0.5) is 0 Å². The molecule has 1 aromatic carbocycles. The number of nitrogens with one attached hydrogen (secondary N) is 1. The second-order valence-corrected chi connectivity index (χ2v) is 5.36. The molecular weight excluding hydrogens is 256 g/mol. The van der Waals surface area contributed by atoms with Gasteiger partial charge in [0.15, 0.2) is 0 Å². The molecule has 0 aliphatic carbocycles. The number of hydrogen-bond donors (Lipinski definition) is 3. The summed E-state index contributed by atoms with van der Waals surface area (Å²) in [5.74, 6) is -0.192. The molecular formula is C15H20N2O3. The van der Waals surface area contributed by atoms with E-state index < -0.39 is 12.2 Å². The number of fused-ring (bicyclic) bond motifs is 1. The third kappa shape index (κ3) is 3.18. The van der Waals surface area contributed by atoms with E-state index in [1.165, 1.54) is 6.92 Å². The van der Waals surface area contributed by atoms with Gasteiger partial charge in [-0.3, -0.25) is 4.79 Å². The van der Waals surface area contributed by atoms with E-state index in [0.29, 0.717) is 0 Å². The summed E-state index contributed by atoms with van der Waals surface area (Å²) < 4.78 is 1.93. The van der Waals surface area contributed by atoms with Crippen molar-refractivity contribution in [2.45, 2.75) is 26.0 Å². The zero-order valence-corrected chi connectivity index (χ0v) is 11.8. The number of aliphatic hydroxyl groups is 2. The average Bonchev–Trinajstić information content (AvgIpc) is 2.73. The number of aromatic nitrogens is 1. The van der Waals surface area contributed by atoms with E-state index in [1.807, 2.05) is 41.8 Å². The van der Waals surface area contributed by atoms with Gasteiger partial charge in [0.1, 0.15) is 12.1 Å². The monoisotopic (exact) mass is 276 g/mol. The second kappa shape index (κ2) is 5.64. The summed E-state index contributed by atoms with van der Waals surface area (Å²) in [6, 6.07) is 9.91. The third-order valence-electron chi connectivity index (χ3n) is 3.33. The van der Waals surface area contributed by atoms with Gasteiger partial charge in [0.2, 0.25) is 5.91 Å². The molecule has 1 unspecified atom stereocenters. The van der Waals surface area contributed by atoms with Gasteiger partial charge in [-0.15, -0.1) is 0 Å². The molecule has 0 aliphatic heterocycles. The summed E-state index contributed by atoms with van der Waals surface area (Å²) in [6.45, 7) is 3.26. The molecule has 0 fully saturated rings. The molecule has 20 heavy (non-hydrogen) atoms. The van der Waals surface area contributed by atoms with Gasteiger partial charge >= 0.3 is 0 Å². The third-order valence-corrected chi connectivity index (χ3v) is 3.33. The summed E-state index contributed by atoms with van der Waals surface area (Å²) in [6.07, 6.45) is 0. The van der Waals surface area contributed by atoms with Crippen LogP contribution >= 0.6 is 0 Å². The zero-order chi connectivity index (χ0) is 14.8. The van der Waals surface area contributed by atoms with Crippen LogP contribution in [-0.2, 0) is 11.3 Å². The Kier molecular flexibility index (Phi) is 4.11. The van der Waals surface area contributed by atoms with Crippen LogP contribution in [0.1, 0.15) is 12.6 Å². The van der Waals surface area contributed by atoms with Gasteiger partial charge in [-0.25, -0.2) is 0 Å². The van der Waals surface area contributed by atoms with E-state index in [0.717, 1.165) is 16.6 Å². The number of rotatable bonds is 5. The number of aliphatic hydroxyl groups excluding tert-OH is 1. The molecule has 1 aromatic heterocycles. The van der Waals surface area contributed by atoms with Crippen molar-refractivity contribution in [2.75, 3.05) is 13.2 Å². The van der Waals surface area contributed by atoms with Crippen LogP contribution in [0, 0.1) is 6.92 Å². The van der Waals surface area contributed by atoms with Crippen molar-refractivity contribution in [1.82, 2.24) is 9.88 Å². The van der Waals surface area contributed by atoms with Crippen molar-refractivity contribution in [1.29, 1.82) is 0 Å². The molecule has 1 heterocycles. The lowest BCUT2D eigenvalue weighted by molar-refractivity contribution is -0.123. The number of carbonyl (C=O) groups is 1. The minimum atomic E-state index is -1.29. The van der Waals surface area contributed by atoms with Crippen LogP contribution in [0.3, 0.4) is 0 Å². The Labute approximate surface area is 117 Å². The first-order chi connectivity index (χ1) is 9.43. The Morgan fingerprint density at radius 1 is 1.40 bits per heavy atom. The first kappa shape index (κ1) is 14.6. The normalized spacial score (nSPS) is 14.2. The van der Waals surface area contributed by atoms with Crippen molar-refractivity contribution in [3.63, 3.8) is 0 Å². The van der Waals surface area contributed by atoms with Crippen LogP contribution in [0.5, 0.6) is 0 Å². The maximum atomic E-state index is 11.9. The Bertz CT molecular complexity index is 617. The van der Waals surface area contributed by atoms with Crippen molar-refractivity contribution >= 4 is 16.8 Å². The fraction of sp³-hybridized carbons (Fsp3) is 0.400. The summed E-state index contributed by atoms with van der Waals surface area (Å²) in [5, 5.41) is 22.3. The lowest BCUT2D eigenvalue weighted by atomic mass is 10.1. The fourth-order valence-corrected chi connectivity index (χ4v) is 2.10. The summed E-state index contributed by atoms with van der Waals surface area (Å²) in [4.78, 5) is 11.9. The number of carbonyl (C=O) groups excluding carboxylic acids is 1. The first-order valence-electron chi connectivity index (χ1n) is 6.58. The Hall–Kier alpha value is -1.85. The molecule has 5 nitrogen and oxygen atoms in total. The van der Waals surface area contributed by atoms with E-state index in [1.54, 1.807) is 0 Å². The Morgan fingerprint density at radius 3 is 2.80 bits per heavy atom. The lowest BCUT2D eigenvalue weighted by Crippen LogP contribution is -2.44. The molecule has 2 aromatic rings. The van der Waals surface area contributed by atoms with Crippen LogP contribution in [0.2, 0.25) is 0 Å². The fourth-order valence-electron chi connectivity index (χ4n) is 2.10. The van der Waals surface area contributed by atoms with Gasteiger partial charge in [0, 0.05) is 17.8 Å². The molecule has 3 N–H and O–H groups in total. The van der Waals surface area contributed by atoms with E-state index in [-0.39, 0.29) is 19.0 Å². The van der Waals surface area contributed by atoms with Gasteiger partial charge in [-0.2, -0.15) is 0 Å². The van der Waals surface area contributed by atoms with Crippen LogP contribution < -0.4 is 5.32 Å². The highest BCUT2D eigenvalue weighted by Gasteiger charge is 2.20. The van der Waals surface area contributed by atoms with E-state index in [4.69, 9.17) is 5.11 Å². The van der Waals surface area contributed by atoms with Crippen LogP contribution in [-0.4, -0.2) is 39.4 Å². The van der Waals surface area contributed by atoms with Gasteiger partial charge in [0.05, 0.1) is 6.61 Å².